The molecule has 4 aromatic rings. The first-order valence-electron chi connectivity index (χ1n) is 8.86. The molecule has 4 heterocycles. The first-order valence-corrected chi connectivity index (χ1v) is 8.86. The number of carbonyl (C=O) groups excluding carboxylic acids is 1. The lowest BCUT2D eigenvalue weighted by atomic mass is 9.89. The summed E-state index contributed by atoms with van der Waals surface area (Å²) in [5.41, 5.74) is 5.46. The smallest absolute Gasteiger partial charge is 0.233 e. The fraction of sp³-hybridized carbons (Fsp3) is 0.143. The lowest BCUT2D eigenvalue weighted by molar-refractivity contribution is -0.117. The number of aryl methyl sites for hydroxylation is 1. The summed E-state index contributed by atoms with van der Waals surface area (Å²) in [6.45, 7) is 1.95. The Bertz CT molecular complexity index is 1150. The number of aromatic nitrogens is 4. The Morgan fingerprint density at radius 3 is 2.74 bits per heavy atom. The second kappa shape index (κ2) is 6.02. The molecular weight excluding hydrogens is 338 g/mol. The number of fused-ring (bicyclic) bond motifs is 3. The van der Waals surface area contributed by atoms with Crippen LogP contribution in [0.4, 0.5) is 5.82 Å². The van der Waals surface area contributed by atoms with Crippen molar-refractivity contribution in [3.63, 3.8) is 0 Å². The van der Waals surface area contributed by atoms with Crippen LogP contribution in [0.5, 0.6) is 0 Å². The van der Waals surface area contributed by atoms with Gasteiger partial charge in [-0.1, -0.05) is 36.4 Å². The van der Waals surface area contributed by atoms with E-state index in [-0.39, 0.29) is 11.8 Å². The van der Waals surface area contributed by atoms with E-state index in [1.807, 2.05) is 55.6 Å². The molecule has 27 heavy (non-hydrogen) atoms. The second-order valence-electron chi connectivity index (χ2n) is 6.73. The molecule has 0 radical (unpaired) electrons. The van der Waals surface area contributed by atoms with Crippen LogP contribution in [0.2, 0.25) is 0 Å². The van der Waals surface area contributed by atoms with Crippen molar-refractivity contribution in [1.29, 1.82) is 0 Å². The van der Waals surface area contributed by atoms with E-state index in [1.54, 1.807) is 16.9 Å². The van der Waals surface area contributed by atoms with Crippen molar-refractivity contribution < 1.29 is 4.79 Å². The van der Waals surface area contributed by atoms with Crippen molar-refractivity contribution in [2.75, 3.05) is 5.32 Å². The lowest BCUT2D eigenvalue weighted by Gasteiger charge is -2.24. The van der Waals surface area contributed by atoms with Crippen molar-refractivity contribution in [1.82, 2.24) is 19.6 Å². The van der Waals surface area contributed by atoms with Gasteiger partial charge in [-0.25, -0.2) is 4.98 Å². The fourth-order valence-corrected chi connectivity index (χ4v) is 3.73. The highest BCUT2D eigenvalue weighted by Gasteiger charge is 2.30. The molecular formula is C21H17N5O. The summed E-state index contributed by atoms with van der Waals surface area (Å²) in [5.74, 6) is 0.472. The van der Waals surface area contributed by atoms with Crippen molar-refractivity contribution in [3.8, 4) is 11.1 Å². The van der Waals surface area contributed by atoms with Crippen molar-refractivity contribution in [2.24, 2.45) is 0 Å². The van der Waals surface area contributed by atoms with Gasteiger partial charge in [-0.15, -0.1) is 0 Å². The Kier molecular flexibility index (Phi) is 3.50. The summed E-state index contributed by atoms with van der Waals surface area (Å²) < 4.78 is 1.74. The molecule has 1 unspecified atom stereocenters. The SMILES string of the molecule is Cc1nn2c3c(cnc2c1-c1cccnc1)CC(c1ccccc1)C(=O)N3. The zero-order valence-corrected chi connectivity index (χ0v) is 14.8. The molecule has 1 aliphatic heterocycles. The largest absolute Gasteiger partial charge is 0.310 e. The number of hydrogen-bond acceptors (Lipinski definition) is 4. The van der Waals surface area contributed by atoms with E-state index in [0.29, 0.717) is 12.2 Å². The van der Waals surface area contributed by atoms with Crippen LogP contribution in [0.15, 0.2) is 61.1 Å². The van der Waals surface area contributed by atoms with Gasteiger partial charge in [-0.3, -0.25) is 9.78 Å². The van der Waals surface area contributed by atoms with Gasteiger partial charge in [0.25, 0.3) is 0 Å². The Hall–Kier alpha value is -3.54. The number of rotatable bonds is 2. The molecule has 1 aromatic carbocycles. The number of anilines is 1. The molecule has 1 aliphatic rings. The predicted octanol–water partition coefficient (Wildman–Crippen LogP) is 3.38. The van der Waals surface area contributed by atoms with E-state index in [0.717, 1.165) is 33.6 Å². The number of nitrogens with zero attached hydrogens (tertiary/aromatic N) is 4. The summed E-state index contributed by atoms with van der Waals surface area (Å²) in [5, 5.41) is 7.70. The van der Waals surface area contributed by atoms with E-state index in [4.69, 9.17) is 0 Å². The summed E-state index contributed by atoms with van der Waals surface area (Å²) in [6.07, 6.45) is 6.00. The molecule has 3 aromatic heterocycles. The number of benzene rings is 1. The standard InChI is InChI=1S/C21H17N5O/c1-13-18(15-8-5-9-22-11-15)20-23-12-16-10-17(14-6-3-2-4-7-14)21(27)24-19(16)26(20)25-13/h2-9,11-12,17H,10H2,1H3,(H,24,27). The molecule has 0 bridgehead atoms. The van der Waals surface area contributed by atoms with Gasteiger partial charge >= 0.3 is 0 Å². The summed E-state index contributed by atoms with van der Waals surface area (Å²) in [4.78, 5) is 21.6. The van der Waals surface area contributed by atoms with Crippen LogP contribution in [-0.4, -0.2) is 25.5 Å². The van der Waals surface area contributed by atoms with Crippen LogP contribution in [0, 0.1) is 6.92 Å². The van der Waals surface area contributed by atoms with Crippen molar-refractivity contribution >= 4 is 17.4 Å². The van der Waals surface area contributed by atoms with E-state index in [1.165, 1.54) is 0 Å². The van der Waals surface area contributed by atoms with Crippen molar-refractivity contribution in [2.45, 2.75) is 19.3 Å². The lowest BCUT2D eigenvalue weighted by Crippen LogP contribution is -2.30. The molecule has 0 saturated heterocycles. The normalized spacial score (nSPS) is 16.2. The van der Waals surface area contributed by atoms with Crippen molar-refractivity contribution in [3.05, 3.63) is 77.9 Å². The van der Waals surface area contributed by atoms with Gasteiger partial charge in [0.1, 0.15) is 5.82 Å². The number of carbonyl (C=O) groups is 1. The molecule has 0 spiro atoms. The molecule has 0 fully saturated rings. The molecule has 6 heteroatoms. The second-order valence-corrected chi connectivity index (χ2v) is 6.73. The number of nitrogens with one attached hydrogen (secondary N) is 1. The molecule has 5 rings (SSSR count). The zero-order chi connectivity index (χ0) is 18.4. The summed E-state index contributed by atoms with van der Waals surface area (Å²) in [7, 11) is 0. The van der Waals surface area contributed by atoms with Crippen LogP contribution in [-0.2, 0) is 11.2 Å². The molecule has 0 aliphatic carbocycles. The van der Waals surface area contributed by atoms with Gasteiger partial charge in [0, 0.05) is 29.7 Å². The quantitative estimate of drug-likeness (QED) is 0.598. The van der Waals surface area contributed by atoms with Crippen LogP contribution < -0.4 is 5.32 Å². The molecule has 1 N–H and O–H groups in total. The van der Waals surface area contributed by atoms with Crippen LogP contribution in [0.25, 0.3) is 16.8 Å². The monoisotopic (exact) mass is 355 g/mol. The molecule has 1 atom stereocenters. The van der Waals surface area contributed by atoms with Crippen LogP contribution in [0.3, 0.4) is 0 Å². The van der Waals surface area contributed by atoms with E-state index >= 15 is 0 Å². The third-order valence-corrected chi connectivity index (χ3v) is 5.03. The maximum Gasteiger partial charge on any atom is 0.233 e. The number of hydrogen-bond donors (Lipinski definition) is 1. The minimum Gasteiger partial charge on any atom is -0.310 e. The van der Waals surface area contributed by atoms with Crippen LogP contribution >= 0.6 is 0 Å². The predicted molar refractivity (Wildman–Crippen MR) is 102 cm³/mol. The highest BCUT2D eigenvalue weighted by molar-refractivity contribution is 5.98. The summed E-state index contributed by atoms with van der Waals surface area (Å²) >= 11 is 0. The molecule has 0 saturated carbocycles. The minimum absolute atomic E-state index is 0.0164. The topological polar surface area (TPSA) is 72.2 Å². The van der Waals surface area contributed by atoms with Gasteiger partial charge < -0.3 is 5.32 Å². The van der Waals surface area contributed by atoms with E-state index in [2.05, 4.69) is 20.4 Å². The first kappa shape index (κ1) is 15.7. The molecule has 1 amide bonds. The van der Waals surface area contributed by atoms with E-state index < -0.39 is 0 Å². The third-order valence-electron chi connectivity index (χ3n) is 5.03. The highest BCUT2D eigenvalue weighted by Crippen LogP contribution is 2.34. The van der Waals surface area contributed by atoms with E-state index in [9.17, 15) is 4.79 Å². The van der Waals surface area contributed by atoms with Crippen LogP contribution in [0.1, 0.15) is 22.7 Å². The fourth-order valence-electron chi connectivity index (χ4n) is 3.73. The Morgan fingerprint density at radius 2 is 1.96 bits per heavy atom. The first-order chi connectivity index (χ1) is 13.2. The highest BCUT2D eigenvalue weighted by atomic mass is 16.2. The average molecular weight is 355 g/mol. The number of pyridine rings is 1. The molecule has 132 valence electrons. The van der Waals surface area contributed by atoms with Gasteiger partial charge in [0.05, 0.1) is 17.2 Å². The Balaban J connectivity index is 1.64. The van der Waals surface area contributed by atoms with Gasteiger partial charge in [-0.05, 0) is 25.0 Å². The molecule has 6 nitrogen and oxygen atoms in total. The summed E-state index contributed by atoms with van der Waals surface area (Å²) in [6, 6.07) is 13.7. The zero-order valence-electron chi connectivity index (χ0n) is 14.8. The van der Waals surface area contributed by atoms with Gasteiger partial charge in [-0.2, -0.15) is 9.61 Å². The Morgan fingerprint density at radius 1 is 1.11 bits per heavy atom. The Labute approximate surface area is 155 Å². The number of amides is 1. The maximum atomic E-state index is 12.8. The van der Waals surface area contributed by atoms with Gasteiger partial charge in [0.2, 0.25) is 5.91 Å². The van der Waals surface area contributed by atoms with Gasteiger partial charge in [0.15, 0.2) is 5.65 Å². The third kappa shape index (κ3) is 2.49. The average Bonchev–Trinajstić information content (AvgIpc) is 3.05. The minimum atomic E-state index is -0.215. The maximum absolute atomic E-state index is 12.8.